The van der Waals surface area contributed by atoms with Crippen molar-refractivity contribution in [1.29, 1.82) is 0 Å². The second kappa shape index (κ2) is 7.26. The van der Waals surface area contributed by atoms with Crippen LogP contribution in [0.25, 0.3) is 0 Å². The van der Waals surface area contributed by atoms with Gasteiger partial charge in [-0.05, 0) is 0 Å². The summed E-state index contributed by atoms with van der Waals surface area (Å²) in [7, 11) is 0. The third-order valence-corrected chi connectivity index (χ3v) is 3.70. The van der Waals surface area contributed by atoms with E-state index in [2.05, 4.69) is 0 Å². The van der Waals surface area contributed by atoms with Crippen LogP contribution in [0, 0.1) is 23.3 Å². The number of hydrogen-bond acceptors (Lipinski definition) is 1. The lowest BCUT2D eigenvalue weighted by Crippen LogP contribution is -2.58. The van der Waals surface area contributed by atoms with Gasteiger partial charge >= 0.3 is 41.8 Å². The quantitative estimate of drug-likeness (QED) is 0.290. The van der Waals surface area contributed by atoms with Gasteiger partial charge in [0, 0.05) is 0 Å². The minimum Gasteiger partial charge on any atom is -0.477 e. The Bertz CT molecular complexity index is 930. The summed E-state index contributed by atoms with van der Waals surface area (Å²) in [4.78, 5) is 10.1. The molecule has 0 aromatic heterocycles. The van der Waals surface area contributed by atoms with E-state index in [1.54, 1.807) is 0 Å². The normalized spacial score (nSPS) is 14.7. The summed E-state index contributed by atoms with van der Waals surface area (Å²) in [6.07, 6.45) is -7.58. The summed E-state index contributed by atoms with van der Waals surface area (Å²) in [6, 6.07) is 0. The molecule has 0 aliphatic rings. The molecule has 0 unspecified atom stereocenters. The van der Waals surface area contributed by atoms with Gasteiger partial charge in [-0.15, -0.1) is 0 Å². The highest BCUT2D eigenvalue weighted by Crippen LogP contribution is 2.59. The van der Waals surface area contributed by atoms with Crippen LogP contribution in [0.2, 0.25) is 0 Å². The molecule has 0 atom stereocenters. The van der Waals surface area contributed by atoms with Crippen molar-refractivity contribution >= 4 is 5.97 Å². The SMILES string of the molecule is O=C(O)C(F)(F)C(F)(F)C(F)(F)c1c(F)c(F)c(F)c(F)c1C(F)(F)C(F)(F)C(F)(F)F. The van der Waals surface area contributed by atoms with Crippen LogP contribution in [0.5, 0.6) is 0 Å². The first-order valence-corrected chi connectivity index (χ1v) is 6.89. The third kappa shape index (κ3) is 3.39. The van der Waals surface area contributed by atoms with Gasteiger partial charge in [0.25, 0.3) is 0 Å². The zero-order chi connectivity index (χ0) is 26.0. The number of hydrogen-bond donors (Lipinski definition) is 1. The predicted molar refractivity (Wildman–Crippen MR) is 62.6 cm³/mol. The Morgan fingerprint density at radius 2 is 0.812 bits per heavy atom. The van der Waals surface area contributed by atoms with Crippen LogP contribution in [-0.4, -0.2) is 35.0 Å². The van der Waals surface area contributed by atoms with E-state index in [1.165, 1.54) is 0 Å². The zero-order valence-corrected chi connectivity index (χ0v) is 13.8. The largest absolute Gasteiger partial charge is 0.477 e. The molecule has 1 aromatic rings. The fourth-order valence-corrected chi connectivity index (χ4v) is 2.04. The highest BCUT2D eigenvalue weighted by atomic mass is 19.4. The van der Waals surface area contributed by atoms with Crippen molar-refractivity contribution < 1.29 is 84.5 Å². The molecule has 19 heteroatoms. The molecular weight excluding hydrogens is 511 g/mol. The monoisotopic (exact) mass is 512 g/mol. The lowest BCUT2D eigenvalue weighted by Gasteiger charge is -2.35. The molecule has 0 heterocycles. The van der Waals surface area contributed by atoms with Gasteiger partial charge in [-0.2, -0.15) is 57.1 Å². The third-order valence-electron chi connectivity index (χ3n) is 3.70. The Morgan fingerprint density at radius 3 is 1.06 bits per heavy atom. The molecule has 1 N–H and O–H groups in total. The predicted octanol–water partition coefficient (Wildman–Crippen LogP) is 5.98. The number of carboxylic acid groups (broad SMARTS) is 1. The number of aliphatic carboxylic acids is 1. The van der Waals surface area contributed by atoms with Crippen molar-refractivity contribution in [2.24, 2.45) is 0 Å². The Kier molecular flexibility index (Phi) is 6.24. The van der Waals surface area contributed by atoms with Crippen LogP contribution in [0.15, 0.2) is 0 Å². The lowest BCUT2D eigenvalue weighted by atomic mass is 9.87. The maximum absolute atomic E-state index is 14.0. The molecule has 0 saturated carbocycles. The standard InChI is InChI=1S/C13HF17O2/c14-3-1(8(18,19)11(24,25)10(22,23)7(31)32)2(4(15)6(17)5(3)16)9(20,21)12(26,27)13(28,29)30/h(H,31,32). The summed E-state index contributed by atoms with van der Waals surface area (Å²) < 4.78 is 225. The smallest absolute Gasteiger partial charge is 0.460 e. The number of rotatable bonds is 6. The van der Waals surface area contributed by atoms with Gasteiger partial charge in [0.05, 0.1) is 11.1 Å². The Labute approximate surface area is 162 Å². The van der Waals surface area contributed by atoms with Crippen molar-refractivity contribution in [3.05, 3.63) is 34.4 Å². The minimum atomic E-state index is -7.80. The van der Waals surface area contributed by atoms with Crippen molar-refractivity contribution in [2.45, 2.75) is 35.8 Å². The van der Waals surface area contributed by atoms with Gasteiger partial charge in [0.15, 0.2) is 23.3 Å². The van der Waals surface area contributed by atoms with Crippen molar-refractivity contribution in [3.8, 4) is 0 Å². The highest BCUT2D eigenvalue weighted by molar-refractivity contribution is 5.77. The molecule has 0 radical (unpaired) electrons. The van der Waals surface area contributed by atoms with E-state index in [0.717, 1.165) is 0 Å². The molecule has 0 aliphatic carbocycles. The van der Waals surface area contributed by atoms with E-state index in [0.29, 0.717) is 0 Å². The fourth-order valence-electron chi connectivity index (χ4n) is 2.04. The molecule has 0 bridgehead atoms. The minimum absolute atomic E-state index is 3.80. The summed E-state index contributed by atoms with van der Waals surface area (Å²) in [5, 5.41) is 7.89. The van der Waals surface area contributed by atoms with E-state index in [9.17, 15) is 79.4 Å². The average Bonchev–Trinajstić information content (AvgIpc) is 2.60. The van der Waals surface area contributed by atoms with Crippen molar-refractivity contribution in [2.75, 3.05) is 0 Å². The highest BCUT2D eigenvalue weighted by Gasteiger charge is 2.80. The molecule has 0 amide bonds. The van der Waals surface area contributed by atoms with Crippen molar-refractivity contribution in [1.82, 2.24) is 0 Å². The topological polar surface area (TPSA) is 37.3 Å². The molecular formula is C13HF17O2. The van der Waals surface area contributed by atoms with Gasteiger partial charge in [-0.1, -0.05) is 0 Å². The summed E-state index contributed by atoms with van der Waals surface area (Å²) in [5.74, 6) is -58.2. The summed E-state index contributed by atoms with van der Waals surface area (Å²) in [5.41, 5.74) is -9.24. The summed E-state index contributed by atoms with van der Waals surface area (Å²) in [6.45, 7) is 0. The second-order valence-corrected chi connectivity index (χ2v) is 5.68. The molecule has 32 heavy (non-hydrogen) atoms. The first-order chi connectivity index (χ1) is 13.8. The second-order valence-electron chi connectivity index (χ2n) is 5.68. The van der Waals surface area contributed by atoms with Crippen LogP contribution in [0.1, 0.15) is 11.1 Å². The van der Waals surface area contributed by atoms with Crippen LogP contribution < -0.4 is 0 Å². The van der Waals surface area contributed by atoms with Crippen LogP contribution in [-0.2, 0) is 16.6 Å². The molecule has 0 aliphatic heterocycles. The Hall–Kier alpha value is -2.50. The first kappa shape index (κ1) is 27.5. The molecule has 1 rings (SSSR count). The van der Waals surface area contributed by atoms with E-state index < -0.39 is 76.2 Å². The number of carboxylic acids is 1. The average molecular weight is 512 g/mol. The van der Waals surface area contributed by atoms with Crippen LogP contribution in [0.3, 0.4) is 0 Å². The number of carbonyl (C=O) groups is 1. The number of alkyl halides is 13. The molecule has 184 valence electrons. The van der Waals surface area contributed by atoms with Crippen molar-refractivity contribution in [3.63, 3.8) is 0 Å². The number of benzene rings is 1. The first-order valence-electron chi connectivity index (χ1n) is 6.89. The fraction of sp³-hybridized carbons (Fsp3) is 0.462. The molecule has 2 nitrogen and oxygen atoms in total. The summed E-state index contributed by atoms with van der Waals surface area (Å²) >= 11 is 0. The Balaban J connectivity index is 4.29. The molecule has 1 aromatic carbocycles. The molecule has 0 fully saturated rings. The van der Waals surface area contributed by atoms with Gasteiger partial charge in [0.2, 0.25) is 0 Å². The van der Waals surface area contributed by atoms with E-state index in [1.807, 2.05) is 0 Å². The van der Waals surface area contributed by atoms with Gasteiger partial charge in [0.1, 0.15) is 0 Å². The molecule has 0 spiro atoms. The number of halogens is 17. The van der Waals surface area contributed by atoms with E-state index in [4.69, 9.17) is 5.11 Å². The van der Waals surface area contributed by atoms with Gasteiger partial charge in [-0.3, -0.25) is 0 Å². The lowest BCUT2D eigenvalue weighted by molar-refractivity contribution is -0.361. The zero-order valence-electron chi connectivity index (χ0n) is 13.8. The van der Waals surface area contributed by atoms with E-state index in [-0.39, 0.29) is 0 Å². The van der Waals surface area contributed by atoms with Gasteiger partial charge in [-0.25, -0.2) is 22.4 Å². The van der Waals surface area contributed by atoms with Crippen LogP contribution in [0.4, 0.5) is 74.6 Å². The maximum Gasteiger partial charge on any atom is 0.460 e. The van der Waals surface area contributed by atoms with E-state index >= 15 is 0 Å². The Morgan fingerprint density at radius 1 is 0.531 bits per heavy atom. The molecule has 0 saturated heterocycles. The maximum atomic E-state index is 14.0. The van der Waals surface area contributed by atoms with Crippen LogP contribution >= 0.6 is 0 Å². The van der Waals surface area contributed by atoms with Gasteiger partial charge < -0.3 is 5.11 Å².